The number of hydrogen-bond acceptors (Lipinski definition) is 3. The molecule has 0 aliphatic carbocycles. The first kappa shape index (κ1) is 13.4. The number of amides is 1. The van der Waals surface area contributed by atoms with Crippen molar-refractivity contribution in [3.63, 3.8) is 0 Å². The summed E-state index contributed by atoms with van der Waals surface area (Å²) in [4.78, 5) is 22.7. The van der Waals surface area contributed by atoms with Gasteiger partial charge < -0.3 is 10.4 Å². The smallest absolute Gasteiger partial charge is 0.326 e. The highest BCUT2D eigenvalue weighted by atomic mass is 32.2. The average Bonchev–Trinajstić information content (AvgIpc) is 2.68. The fourth-order valence-electron chi connectivity index (χ4n) is 1.72. The van der Waals surface area contributed by atoms with Crippen molar-refractivity contribution in [3.05, 3.63) is 0 Å². The molecule has 5 heteroatoms. The molecule has 0 aromatic carbocycles. The number of carboxylic acids is 1. The van der Waals surface area contributed by atoms with E-state index in [9.17, 15) is 9.59 Å². The van der Waals surface area contributed by atoms with E-state index in [0.29, 0.717) is 6.42 Å². The minimum Gasteiger partial charge on any atom is -0.480 e. The van der Waals surface area contributed by atoms with Crippen molar-refractivity contribution in [3.8, 4) is 0 Å². The summed E-state index contributed by atoms with van der Waals surface area (Å²) >= 11 is 1.75. The van der Waals surface area contributed by atoms with Crippen molar-refractivity contribution >= 4 is 23.6 Å². The third-order valence-corrected chi connectivity index (χ3v) is 3.78. The Balaban J connectivity index is 2.47. The van der Waals surface area contributed by atoms with E-state index in [0.717, 1.165) is 17.9 Å². The molecule has 0 aromatic rings. The Bertz CT molecular complexity index is 262. The summed E-state index contributed by atoms with van der Waals surface area (Å²) in [7, 11) is 0. The molecule has 1 rings (SSSR count). The second-order valence-corrected chi connectivity index (χ2v) is 5.74. The van der Waals surface area contributed by atoms with Crippen LogP contribution in [0.1, 0.15) is 26.7 Å². The monoisotopic (exact) mass is 245 g/mol. The zero-order chi connectivity index (χ0) is 12.1. The van der Waals surface area contributed by atoms with E-state index in [2.05, 4.69) is 5.32 Å². The molecule has 1 aliphatic rings. The molecule has 0 radical (unpaired) electrons. The van der Waals surface area contributed by atoms with E-state index < -0.39 is 12.0 Å². The molecule has 2 unspecified atom stereocenters. The maximum atomic E-state index is 11.8. The molecule has 0 saturated carbocycles. The molecule has 0 aromatic heterocycles. The summed E-state index contributed by atoms with van der Waals surface area (Å²) < 4.78 is 0. The number of carbonyl (C=O) groups excluding carboxylic acids is 1. The maximum Gasteiger partial charge on any atom is 0.326 e. The van der Waals surface area contributed by atoms with Crippen LogP contribution >= 0.6 is 11.8 Å². The van der Waals surface area contributed by atoms with Gasteiger partial charge in [0.2, 0.25) is 5.91 Å². The van der Waals surface area contributed by atoms with Gasteiger partial charge in [-0.15, -0.1) is 0 Å². The van der Waals surface area contributed by atoms with E-state index in [1.165, 1.54) is 0 Å². The molecule has 92 valence electrons. The zero-order valence-electron chi connectivity index (χ0n) is 9.73. The van der Waals surface area contributed by atoms with Gasteiger partial charge in [-0.25, -0.2) is 4.79 Å². The van der Waals surface area contributed by atoms with E-state index in [-0.39, 0.29) is 17.7 Å². The lowest BCUT2D eigenvalue weighted by atomic mass is 10.0. The fourth-order valence-corrected chi connectivity index (χ4v) is 2.94. The minimum absolute atomic E-state index is 0.000915. The maximum absolute atomic E-state index is 11.8. The molecule has 0 bridgehead atoms. The van der Waals surface area contributed by atoms with Gasteiger partial charge in [0.05, 0.1) is 0 Å². The number of carbonyl (C=O) groups is 2. The molecule has 1 amide bonds. The molecule has 2 atom stereocenters. The Kier molecular flexibility index (Phi) is 5.12. The Hall–Kier alpha value is -0.710. The number of nitrogens with one attached hydrogen (secondary N) is 1. The molecular weight excluding hydrogens is 226 g/mol. The second kappa shape index (κ2) is 6.13. The summed E-state index contributed by atoms with van der Waals surface area (Å²) in [5, 5.41) is 11.6. The average molecular weight is 245 g/mol. The zero-order valence-corrected chi connectivity index (χ0v) is 10.5. The predicted molar refractivity (Wildman–Crippen MR) is 64.5 cm³/mol. The number of aliphatic carboxylic acids is 1. The SMILES string of the molecule is CC(C)CC(NC(=O)C1CCSC1)C(=O)O. The predicted octanol–water partition coefficient (Wildman–Crippen LogP) is 1.35. The summed E-state index contributed by atoms with van der Waals surface area (Å²) in [6.07, 6.45) is 1.35. The fraction of sp³-hybridized carbons (Fsp3) is 0.818. The third-order valence-electron chi connectivity index (χ3n) is 2.62. The summed E-state index contributed by atoms with van der Waals surface area (Å²) in [6, 6.07) is -0.738. The minimum atomic E-state index is -0.937. The first-order valence-corrected chi connectivity index (χ1v) is 6.77. The standard InChI is InChI=1S/C11H19NO3S/c1-7(2)5-9(11(14)15)12-10(13)8-3-4-16-6-8/h7-9H,3-6H2,1-2H3,(H,12,13)(H,14,15). The van der Waals surface area contributed by atoms with Crippen LogP contribution in [0.25, 0.3) is 0 Å². The van der Waals surface area contributed by atoms with Gasteiger partial charge in [0.25, 0.3) is 0 Å². The highest BCUT2D eigenvalue weighted by Gasteiger charge is 2.27. The van der Waals surface area contributed by atoms with Crippen LogP contribution < -0.4 is 5.32 Å². The van der Waals surface area contributed by atoms with Crippen molar-refractivity contribution in [2.45, 2.75) is 32.7 Å². The van der Waals surface area contributed by atoms with Crippen molar-refractivity contribution in [2.75, 3.05) is 11.5 Å². The van der Waals surface area contributed by atoms with Gasteiger partial charge in [-0.1, -0.05) is 13.8 Å². The third kappa shape index (κ3) is 4.04. The van der Waals surface area contributed by atoms with E-state index >= 15 is 0 Å². The number of rotatable bonds is 5. The normalized spacial score (nSPS) is 22.1. The van der Waals surface area contributed by atoms with Crippen molar-refractivity contribution in [1.29, 1.82) is 0 Å². The Morgan fingerprint density at radius 1 is 1.50 bits per heavy atom. The molecule has 4 nitrogen and oxygen atoms in total. The first-order chi connectivity index (χ1) is 7.50. The quantitative estimate of drug-likeness (QED) is 0.767. The van der Waals surface area contributed by atoms with Crippen LogP contribution in [-0.4, -0.2) is 34.5 Å². The lowest BCUT2D eigenvalue weighted by Crippen LogP contribution is -2.44. The van der Waals surface area contributed by atoms with Crippen molar-refractivity contribution < 1.29 is 14.7 Å². The molecular formula is C11H19NO3S. The summed E-state index contributed by atoms with van der Waals surface area (Å²) in [6.45, 7) is 3.90. The Morgan fingerprint density at radius 3 is 2.62 bits per heavy atom. The second-order valence-electron chi connectivity index (χ2n) is 4.59. The van der Waals surface area contributed by atoms with Crippen LogP contribution in [0.4, 0.5) is 0 Å². The molecule has 1 aliphatic heterocycles. The number of thioether (sulfide) groups is 1. The molecule has 0 spiro atoms. The van der Waals surface area contributed by atoms with Crippen LogP contribution in [-0.2, 0) is 9.59 Å². The van der Waals surface area contributed by atoms with Crippen molar-refractivity contribution in [1.82, 2.24) is 5.32 Å². The van der Waals surface area contributed by atoms with Crippen LogP contribution in [0.2, 0.25) is 0 Å². The summed E-state index contributed by atoms with van der Waals surface area (Å²) in [5.74, 6) is 1.05. The molecule has 2 N–H and O–H groups in total. The van der Waals surface area contributed by atoms with Crippen molar-refractivity contribution in [2.24, 2.45) is 11.8 Å². The summed E-state index contributed by atoms with van der Waals surface area (Å²) in [5.41, 5.74) is 0. The molecule has 1 saturated heterocycles. The molecule has 1 fully saturated rings. The number of carboxylic acid groups (broad SMARTS) is 1. The lowest BCUT2D eigenvalue weighted by molar-refractivity contribution is -0.142. The topological polar surface area (TPSA) is 66.4 Å². The van der Waals surface area contributed by atoms with Gasteiger partial charge in [0.1, 0.15) is 6.04 Å². The van der Waals surface area contributed by atoms with E-state index in [1.807, 2.05) is 13.8 Å². The van der Waals surface area contributed by atoms with Gasteiger partial charge in [0, 0.05) is 11.7 Å². The lowest BCUT2D eigenvalue weighted by Gasteiger charge is -2.18. The van der Waals surface area contributed by atoms with Crippen LogP contribution in [0.3, 0.4) is 0 Å². The largest absolute Gasteiger partial charge is 0.480 e. The van der Waals surface area contributed by atoms with Gasteiger partial charge in [-0.05, 0) is 24.5 Å². The molecule has 16 heavy (non-hydrogen) atoms. The first-order valence-electron chi connectivity index (χ1n) is 5.61. The van der Waals surface area contributed by atoms with Crippen LogP contribution in [0.15, 0.2) is 0 Å². The van der Waals surface area contributed by atoms with Crippen LogP contribution in [0, 0.1) is 11.8 Å². The van der Waals surface area contributed by atoms with E-state index in [1.54, 1.807) is 11.8 Å². The van der Waals surface area contributed by atoms with Gasteiger partial charge in [0.15, 0.2) is 0 Å². The highest BCUT2D eigenvalue weighted by Crippen LogP contribution is 2.23. The molecule has 1 heterocycles. The highest BCUT2D eigenvalue weighted by molar-refractivity contribution is 7.99. The van der Waals surface area contributed by atoms with Gasteiger partial charge >= 0.3 is 5.97 Å². The Morgan fingerprint density at radius 2 is 2.19 bits per heavy atom. The van der Waals surface area contributed by atoms with E-state index in [4.69, 9.17) is 5.11 Å². The number of hydrogen-bond donors (Lipinski definition) is 2. The Labute approximate surface area is 100 Å². The van der Waals surface area contributed by atoms with Gasteiger partial charge in [-0.2, -0.15) is 11.8 Å². The van der Waals surface area contributed by atoms with Gasteiger partial charge in [-0.3, -0.25) is 4.79 Å². The van der Waals surface area contributed by atoms with Crippen LogP contribution in [0.5, 0.6) is 0 Å².